The third-order valence-electron chi connectivity index (χ3n) is 1.95. The molecule has 0 atom stereocenters. The maximum atomic E-state index is 8.94. The molecule has 0 fully saturated rings. The molecule has 0 aliphatic heterocycles. The highest BCUT2D eigenvalue weighted by atomic mass is 35.5. The van der Waals surface area contributed by atoms with Crippen molar-refractivity contribution in [1.29, 1.82) is 0 Å². The lowest BCUT2D eigenvalue weighted by Crippen LogP contribution is -2.02. The number of aliphatic hydroxyl groups is 2. The van der Waals surface area contributed by atoms with Gasteiger partial charge in [-0.3, -0.25) is 0 Å². The van der Waals surface area contributed by atoms with Gasteiger partial charge in [0.25, 0.3) is 0 Å². The Bertz CT molecular complexity index is 286. The van der Waals surface area contributed by atoms with Gasteiger partial charge in [-0.15, -0.1) is 0 Å². The van der Waals surface area contributed by atoms with Crippen LogP contribution >= 0.6 is 11.6 Å². The summed E-state index contributed by atoms with van der Waals surface area (Å²) in [6.45, 7) is 1.71. The molecule has 71 valence electrons. The highest BCUT2D eigenvalue weighted by Crippen LogP contribution is 2.26. The zero-order chi connectivity index (χ0) is 9.84. The van der Waals surface area contributed by atoms with Crippen molar-refractivity contribution in [2.75, 3.05) is 6.61 Å². The summed E-state index contributed by atoms with van der Waals surface area (Å²) in [4.78, 5) is 0. The number of benzene rings is 1. The SMILES string of the molecule is C[C](CO)c1cccc(CO)c1Cl. The molecule has 2 N–H and O–H groups in total. The first-order chi connectivity index (χ1) is 6.20. The first-order valence-corrected chi connectivity index (χ1v) is 4.40. The lowest BCUT2D eigenvalue weighted by molar-refractivity contribution is 0.281. The fraction of sp³-hybridized carbons (Fsp3) is 0.300. The van der Waals surface area contributed by atoms with Crippen LogP contribution in [0.25, 0.3) is 0 Å². The third kappa shape index (κ3) is 2.21. The molecule has 0 aliphatic rings. The van der Waals surface area contributed by atoms with Gasteiger partial charge >= 0.3 is 0 Å². The molecule has 0 bridgehead atoms. The average Bonchev–Trinajstić information content (AvgIpc) is 2.17. The highest BCUT2D eigenvalue weighted by Gasteiger charge is 2.11. The molecule has 0 spiro atoms. The third-order valence-corrected chi connectivity index (χ3v) is 2.39. The Morgan fingerprint density at radius 3 is 2.62 bits per heavy atom. The molecule has 13 heavy (non-hydrogen) atoms. The van der Waals surface area contributed by atoms with E-state index in [0.29, 0.717) is 10.6 Å². The predicted molar refractivity (Wildman–Crippen MR) is 52.5 cm³/mol. The minimum atomic E-state index is -0.0780. The van der Waals surface area contributed by atoms with Crippen molar-refractivity contribution in [3.05, 3.63) is 40.3 Å². The Balaban J connectivity index is 3.08. The molecule has 0 amide bonds. The van der Waals surface area contributed by atoms with Crippen LogP contribution in [0.15, 0.2) is 18.2 Å². The highest BCUT2D eigenvalue weighted by molar-refractivity contribution is 6.32. The van der Waals surface area contributed by atoms with Gasteiger partial charge in [0.1, 0.15) is 0 Å². The standard InChI is InChI=1S/C10H12ClO2/c1-7(5-12)9-4-2-3-8(6-13)10(9)11/h2-4,12-13H,5-6H2,1H3. The van der Waals surface area contributed by atoms with Crippen LogP contribution in [-0.2, 0) is 6.61 Å². The van der Waals surface area contributed by atoms with Crippen molar-refractivity contribution in [3.63, 3.8) is 0 Å². The van der Waals surface area contributed by atoms with Crippen LogP contribution in [-0.4, -0.2) is 16.8 Å². The molecule has 3 heteroatoms. The van der Waals surface area contributed by atoms with E-state index in [1.807, 2.05) is 19.1 Å². The van der Waals surface area contributed by atoms with Crippen LogP contribution in [0.4, 0.5) is 0 Å². The number of hydrogen-bond donors (Lipinski definition) is 2. The lowest BCUT2D eigenvalue weighted by atomic mass is 10.00. The van der Waals surface area contributed by atoms with Gasteiger partial charge in [-0.05, 0) is 11.1 Å². The van der Waals surface area contributed by atoms with Crippen molar-refractivity contribution >= 4 is 11.6 Å². The molecule has 0 saturated heterocycles. The second-order valence-corrected chi connectivity index (χ2v) is 3.25. The number of rotatable bonds is 3. The van der Waals surface area contributed by atoms with E-state index < -0.39 is 0 Å². The molecular weight excluding hydrogens is 188 g/mol. The number of hydrogen-bond acceptors (Lipinski definition) is 2. The summed E-state index contributed by atoms with van der Waals surface area (Å²) in [5, 5.41) is 18.4. The second-order valence-electron chi connectivity index (χ2n) is 2.88. The molecule has 1 rings (SSSR count). The van der Waals surface area contributed by atoms with Gasteiger partial charge in [0, 0.05) is 10.9 Å². The molecule has 1 radical (unpaired) electrons. The van der Waals surface area contributed by atoms with E-state index in [0.717, 1.165) is 11.5 Å². The summed E-state index contributed by atoms with van der Waals surface area (Å²) < 4.78 is 0. The molecule has 1 aromatic carbocycles. The maximum absolute atomic E-state index is 8.94. The van der Waals surface area contributed by atoms with Crippen LogP contribution in [0.3, 0.4) is 0 Å². The first-order valence-electron chi connectivity index (χ1n) is 4.02. The van der Waals surface area contributed by atoms with Crippen molar-refractivity contribution in [2.24, 2.45) is 0 Å². The Labute approximate surface area is 82.8 Å². The van der Waals surface area contributed by atoms with E-state index in [2.05, 4.69) is 0 Å². The minimum Gasteiger partial charge on any atom is -0.395 e. The van der Waals surface area contributed by atoms with Crippen molar-refractivity contribution in [3.8, 4) is 0 Å². The summed E-state index contributed by atoms with van der Waals surface area (Å²) >= 11 is 5.99. The zero-order valence-electron chi connectivity index (χ0n) is 7.42. The van der Waals surface area contributed by atoms with Crippen molar-refractivity contribution in [2.45, 2.75) is 13.5 Å². The molecule has 0 saturated carbocycles. The van der Waals surface area contributed by atoms with Crippen molar-refractivity contribution < 1.29 is 10.2 Å². The summed E-state index contributed by atoms with van der Waals surface area (Å²) in [6, 6.07) is 5.40. The Morgan fingerprint density at radius 1 is 1.38 bits per heavy atom. The molecule has 0 aliphatic carbocycles. The summed E-state index contributed by atoms with van der Waals surface area (Å²) in [7, 11) is 0. The molecule has 0 aromatic heterocycles. The first kappa shape index (κ1) is 10.5. The Morgan fingerprint density at radius 2 is 2.08 bits per heavy atom. The number of aliphatic hydroxyl groups excluding tert-OH is 2. The summed E-state index contributed by atoms with van der Waals surface area (Å²) in [6.07, 6.45) is 0. The van der Waals surface area contributed by atoms with E-state index in [4.69, 9.17) is 21.8 Å². The van der Waals surface area contributed by atoms with Gasteiger partial charge < -0.3 is 10.2 Å². The van der Waals surface area contributed by atoms with Crippen LogP contribution in [0.1, 0.15) is 18.1 Å². The van der Waals surface area contributed by atoms with Gasteiger partial charge in [0.2, 0.25) is 0 Å². The molecule has 1 aromatic rings. The summed E-state index contributed by atoms with van der Waals surface area (Å²) in [5.74, 6) is 0.806. The second kappa shape index (κ2) is 4.61. The van der Waals surface area contributed by atoms with Gasteiger partial charge in [0.15, 0.2) is 0 Å². The van der Waals surface area contributed by atoms with Gasteiger partial charge in [-0.1, -0.05) is 36.7 Å². The van der Waals surface area contributed by atoms with Gasteiger partial charge in [0.05, 0.1) is 13.2 Å². The topological polar surface area (TPSA) is 40.5 Å². The fourth-order valence-corrected chi connectivity index (χ4v) is 1.46. The van der Waals surface area contributed by atoms with E-state index in [9.17, 15) is 0 Å². The summed E-state index contributed by atoms with van der Waals surface area (Å²) in [5.41, 5.74) is 1.49. The molecule has 2 nitrogen and oxygen atoms in total. The van der Waals surface area contributed by atoms with Crippen LogP contribution < -0.4 is 0 Å². The van der Waals surface area contributed by atoms with E-state index >= 15 is 0 Å². The van der Waals surface area contributed by atoms with Crippen LogP contribution in [0.5, 0.6) is 0 Å². The van der Waals surface area contributed by atoms with Gasteiger partial charge in [-0.25, -0.2) is 0 Å². The monoisotopic (exact) mass is 199 g/mol. The largest absolute Gasteiger partial charge is 0.395 e. The fourth-order valence-electron chi connectivity index (χ4n) is 1.12. The quantitative estimate of drug-likeness (QED) is 0.779. The number of halogens is 1. The zero-order valence-corrected chi connectivity index (χ0v) is 8.17. The average molecular weight is 200 g/mol. The minimum absolute atomic E-state index is 0.0192. The molecule has 0 unspecified atom stereocenters. The normalized spacial score (nSPS) is 10.8. The maximum Gasteiger partial charge on any atom is 0.0696 e. The molecule has 0 heterocycles. The Kier molecular flexibility index (Phi) is 3.72. The molecular formula is C10H12ClO2. The predicted octanol–water partition coefficient (Wildman–Crippen LogP) is 1.77. The van der Waals surface area contributed by atoms with Gasteiger partial charge in [-0.2, -0.15) is 0 Å². The van der Waals surface area contributed by atoms with E-state index in [-0.39, 0.29) is 13.2 Å². The Hall–Kier alpha value is -0.570. The van der Waals surface area contributed by atoms with E-state index in [1.165, 1.54) is 0 Å². The van der Waals surface area contributed by atoms with Crippen LogP contribution in [0.2, 0.25) is 5.02 Å². The van der Waals surface area contributed by atoms with Crippen molar-refractivity contribution in [1.82, 2.24) is 0 Å². The smallest absolute Gasteiger partial charge is 0.0696 e. The van der Waals surface area contributed by atoms with Crippen LogP contribution in [0, 0.1) is 5.92 Å². The lowest BCUT2D eigenvalue weighted by Gasteiger charge is -2.11. The van der Waals surface area contributed by atoms with E-state index in [1.54, 1.807) is 6.07 Å².